The minimum absolute atomic E-state index is 0.425. The van der Waals surface area contributed by atoms with Crippen molar-refractivity contribution in [2.45, 2.75) is 13.5 Å². The maximum atomic E-state index is 11.1. The smallest absolute Gasteiger partial charge is 0.248 e. The van der Waals surface area contributed by atoms with Crippen molar-refractivity contribution >= 4 is 17.3 Å². The Bertz CT molecular complexity index is 610. The third-order valence-corrected chi connectivity index (χ3v) is 2.90. The van der Waals surface area contributed by atoms with E-state index in [2.05, 4.69) is 10.3 Å². The molecule has 2 rings (SSSR count). The maximum absolute atomic E-state index is 11.1. The summed E-state index contributed by atoms with van der Waals surface area (Å²) in [5.74, 6) is -0.475. The van der Waals surface area contributed by atoms with Crippen LogP contribution in [-0.2, 0) is 6.54 Å². The summed E-state index contributed by atoms with van der Waals surface area (Å²) in [5.41, 5.74) is 14.8. The molecule has 1 amide bonds. The van der Waals surface area contributed by atoms with Gasteiger partial charge in [0.15, 0.2) is 0 Å². The first-order valence-electron chi connectivity index (χ1n) is 5.91. The van der Waals surface area contributed by atoms with E-state index in [-0.39, 0.29) is 0 Å². The Morgan fingerprint density at radius 3 is 2.84 bits per heavy atom. The van der Waals surface area contributed by atoms with Gasteiger partial charge in [0.05, 0.1) is 23.6 Å². The largest absolute Gasteiger partial charge is 0.397 e. The lowest BCUT2D eigenvalue weighted by Crippen LogP contribution is -2.12. The van der Waals surface area contributed by atoms with Crippen LogP contribution < -0.4 is 16.8 Å². The van der Waals surface area contributed by atoms with E-state index in [1.165, 1.54) is 0 Å². The number of aryl methyl sites for hydroxylation is 1. The van der Waals surface area contributed by atoms with Gasteiger partial charge in [-0.25, -0.2) is 0 Å². The third kappa shape index (κ3) is 3.01. The van der Waals surface area contributed by atoms with Crippen LogP contribution in [-0.4, -0.2) is 10.9 Å². The molecule has 1 aromatic heterocycles. The van der Waals surface area contributed by atoms with Gasteiger partial charge in [0.2, 0.25) is 5.91 Å². The van der Waals surface area contributed by atoms with Crippen LogP contribution in [0.5, 0.6) is 0 Å². The molecule has 0 atom stereocenters. The Labute approximate surface area is 111 Å². The van der Waals surface area contributed by atoms with Crippen molar-refractivity contribution < 1.29 is 4.79 Å². The van der Waals surface area contributed by atoms with E-state index in [1.54, 1.807) is 24.4 Å². The first-order valence-corrected chi connectivity index (χ1v) is 5.91. The number of primary amides is 1. The first kappa shape index (κ1) is 12.9. The Kier molecular flexibility index (Phi) is 3.66. The summed E-state index contributed by atoms with van der Waals surface area (Å²) < 4.78 is 0. The van der Waals surface area contributed by atoms with E-state index in [9.17, 15) is 4.79 Å². The second-order valence-corrected chi connectivity index (χ2v) is 4.29. The Hall–Kier alpha value is -2.56. The van der Waals surface area contributed by atoms with E-state index >= 15 is 0 Å². The predicted molar refractivity (Wildman–Crippen MR) is 75.7 cm³/mol. The average molecular weight is 256 g/mol. The molecule has 0 saturated heterocycles. The molecule has 2 aromatic rings. The summed E-state index contributed by atoms with van der Waals surface area (Å²) in [6.07, 6.45) is 1.74. The van der Waals surface area contributed by atoms with E-state index < -0.39 is 5.91 Å². The normalized spacial score (nSPS) is 10.2. The second-order valence-electron chi connectivity index (χ2n) is 4.29. The molecule has 0 aliphatic carbocycles. The molecular weight excluding hydrogens is 240 g/mol. The van der Waals surface area contributed by atoms with Gasteiger partial charge in [-0.3, -0.25) is 9.78 Å². The summed E-state index contributed by atoms with van der Waals surface area (Å²) in [4.78, 5) is 15.4. The Morgan fingerprint density at radius 2 is 2.16 bits per heavy atom. The number of benzene rings is 1. The number of nitrogens with two attached hydrogens (primary N) is 2. The Morgan fingerprint density at radius 1 is 1.37 bits per heavy atom. The average Bonchev–Trinajstić information content (AvgIpc) is 2.39. The number of carbonyl (C=O) groups excluding carboxylic acids is 1. The highest BCUT2D eigenvalue weighted by Gasteiger charge is 2.06. The zero-order chi connectivity index (χ0) is 13.8. The number of hydrogen-bond donors (Lipinski definition) is 3. The van der Waals surface area contributed by atoms with Crippen LogP contribution >= 0.6 is 0 Å². The number of rotatable bonds is 4. The highest BCUT2D eigenvalue weighted by atomic mass is 16.1. The van der Waals surface area contributed by atoms with Gasteiger partial charge in [0, 0.05) is 11.8 Å². The first-order chi connectivity index (χ1) is 9.08. The molecule has 1 aromatic carbocycles. The molecule has 0 fully saturated rings. The number of pyridine rings is 1. The van der Waals surface area contributed by atoms with Crippen LogP contribution in [0, 0.1) is 6.92 Å². The predicted octanol–water partition coefficient (Wildman–Crippen LogP) is 1.68. The number of nitrogens with zero attached hydrogens (tertiary/aromatic N) is 1. The summed E-state index contributed by atoms with van der Waals surface area (Å²) in [6.45, 7) is 2.53. The zero-order valence-corrected chi connectivity index (χ0v) is 10.7. The number of hydrogen-bond acceptors (Lipinski definition) is 4. The fraction of sp³-hybridized carbons (Fsp3) is 0.143. The number of nitrogen functional groups attached to an aromatic ring is 1. The molecule has 5 N–H and O–H groups in total. The van der Waals surface area contributed by atoms with Crippen molar-refractivity contribution in [2.75, 3.05) is 11.1 Å². The molecule has 5 heteroatoms. The molecule has 5 nitrogen and oxygen atoms in total. The number of nitrogens with one attached hydrogen (secondary N) is 1. The van der Waals surface area contributed by atoms with Crippen LogP contribution in [0.2, 0.25) is 0 Å². The molecule has 0 aliphatic heterocycles. The minimum Gasteiger partial charge on any atom is -0.397 e. The van der Waals surface area contributed by atoms with Crippen molar-refractivity contribution in [1.29, 1.82) is 0 Å². The summed E-state index contributed by atoms with van der Waals surface area (Å²) in [6, 6.07) is 8.80. The van der Waals surface area contributed by atoms with Gasteiger partial charge >= 0.3 is 0 Å². The lowest BCUT2D eigenvalue weighted by atomic mass is 10.1. The van der Waals surface area contributed by atoms with Gasteiger partial charge in [-0.05, 0) is 36.8 Å². The van der Waals surface area contributed by atoms with Gasteiger partial charge in [-0.1, -0.05) is 6.07 Å². The fourth-order valence-electron chi connectivity index (χ4n) is 1.75. The van der Waals surface area contributed by atoms with Crippen molar-refractivity contribution in [2.24, 2.45) is 5.73 Å². The van der Waals surface area contributed by atoms with Crippen LogP contribution in [0.15, 0.2) is 36.5 Å². The number of carbonyl (C=O) groups is 1. The molecule has 0 aliphatic rings. The summed E-state index contributed by atoms with van der Waals surface area (Å²) in [5, 5.41) is 3.17. The Balaban J connectivity index is 2.17. The van der Waals surface area contributed by atoms with E-state index in [4.69, 9.17) is 11.5 Å². The fourth-order valence-corrected chi connectivity index (χ4v) is 1.75. The van der Waals surface area contributed by atoms with Crippen LogP contribution in [0.4, 0.5) is 11.4 Å². The second kappa shape index (κ2) is 5.39. The monoisotopic (exact) mass is 256 g/mol. The highest BCUT2D eigenvalue weighted by Crippen LogP contribution is 2.20. The molecule has 0 spiro atoms. The number of amides is 1. The van der Waals surface area contributed by atoms with Gasteiger partial charge in [0.25, 0.3) is 0 Å². The minimum atomic E-state index is -0.475. The van der Waals surface area contributed by atoms with Gasteiger partial charge in [0.1, 0.15) is 0 Å². The van der Waals surface area contributed by atoms with Crippen molar-refractivity contribution in [3.05, 3.63) is 53.3 Å². The highest BCUT2D eigenvalue weighted by molar-refractivity contribution is 5.94. The molecule has 0 radical (unpaired) electrons. The van der Waals surface area contributed by atoms with Crippen molar-refractivity contribution in [1.82, 2.24) is 4.98 Å². The molecule has 0 unspecified atom stereocenters. The summed E-state index contributed by atoms with van der Waals surface area (Å²) in [7, 11) is 0. The third-order valence-electron chi connectivity index (χ3n) is 2.90. The SMILES string of the molecule is Cc1cccnc1CNc1cc(C(N)=O)ccc1N. The van der Waals surface area contributed by atoms with Crippen LogP contribution in [0.1, 0.15) is 21.6 Å². The molecule has 0 bridgehead atoms. The van der Waals surface area contributed by atoms with E-state index in [0.717, 1.165) is 11.3 Å². The molecule has 19 heavy (non-hydrogen) atoms. The maximum Gasteiger partial charge on any atom is 0.248 e. The van der Waals surface area contributed by atoms with Crippen LogP contribution in [0.3, 0.4) is 0 Å². The topological polar surface area (TPSA) is 94.0 Å². The molecule has 1 heterocycles. The van der Waals surface area contributed by atoms with Gasteiger partial charge in [-0.15, -0.1) is 0 Å². The number of anilines is 2. The standard InChI is InChI=1S/C14H16N4O/c1-9-3-2-6-17-13(9)8-18-12-7-10(14(16)19)4-5-11(12)15/h2-7,18H,8,15H2,1H3,(H2,16,19). The lowest BCUT2D eigenvalue weighted by molar-refractivity contribution is 0.100. The quantitative estimate of drug-likeness (QED) is 0.725. The van der Waals surface area contributed by atoms with Crippen molar-refractivity contribution in [3.8, 4) is 0 Å². The van der Waals surface area contributed by atoms with Crippen molar-refractivity contribution in [3.63, 3.8) is 0 Å². The van der Waals surface area contributed by atoms with Gasteiger partial charge < -0.3 is 16.8 Å². The molecule has 98 valence electrons. The number of aromatic nitrogens is 1. The van der Waals surface area contributed by atoms with E-state index in [1.807, 2.05) is 19.1 Å². The molecule has 0 saturated carbocycles. The molecular formula is C14H16N4O. The summed E-state index contributed by atoms with van der Waals surface area (Å²) >= 11 is 0. The lowest BCUT2D eigenvalue weighted by Gasteiger charge is -2.11. The van der Waals surface area contributed by atoms with E-state index in [0.29, 0.717) is 23.5 Å². The van der Waals surface area contributed by atoms with Gasteiger partial charge in [-0.2, -0.15) is 0 Å². The van der Waals surface area contributed by atoms with Crippen LogP contribution in [0.25, 0.3) is 0 Å². The zero-order valence-electron chi connectivity index (χ0n) is 10.7.